The van der Waals surface area contributed by atoms with Crippen LogP contribution in [0.5, 0.6) is 0 Å². The molecule has 1 aromatic heterocycles. The molecule has 0 aromatic carbocycles. The third-order valence-electron chi connectivity index (χ3n) is 1.68. The van der Waals surface area contributed by atoms with Gasteiger partial charge < -0.3 is 5.11 Å². The zero-order valence-corrected chi connectivity index (χ0v) is 8.33. The van der Waals surface area contributed by atoms with Crippen LogP contribution in [-0.4, -0.2) is 5.11 Å². The van der Waals surface area contributed by atoms with Crippen molar-refractivity contribution in [2.45, 2.75) is 32.8 Å². The lowest BCUT2D eigenvalue weighted by Crippen LogP contribution is -2.12. The van der Waals surface area contributed by atoms with E-state index in [2.05, 4.69) is 0 Å². The van der Waals surface area contributed by atoms with Gasteiger partial charge in [0.05, 0.1) is 5.60 Å². The number of aryl methyl sites for hydroxylation is 1. The lowest BCUT2D eigenvalue weighted by molar-refractivity contribution is 0.0823. The minimum atomic E-state index is -0.918. The van der Waals surface area contributed by atoms with Gasteiger partial charge in [-0.25, -0.2) is 4.39 Å². The molecule has 0 aliphatic rings. The van der Waals surface area contributed by atoms with E-state index in [0.29, 0.717) is 16.2 Å². The van der Waals surface area contributed by atoms with Crippen molar-refractivity contribution >= 4 is 11.3 Å². The number of rotatable bonds is 2. The lowest BCUT2D eigenvalue weighted by Gasteiger charge is -2.13. The molecule has 3 heteroatoms. The van der Waals surface area contributed by atoms with Crippen molar-refractivity contribution in [2.24, 2.45) is 0 Å². The van der Waals surface area contributed by atoms with Crippen LogP contribution in [0.2, 0.25) is 0 Å². The summed E-state index contributed by atoms with van der Waals surface area (Å²) in [6, 6.07) is 1.42. The molecule has 1 N–H and O–H groups in total. The largest absolute Gasteiger partial charge is 0.385 e. The van der Waals surface area contributed by atoms with Gasteiger partial charge in [0.15, 0.2) is 0 Å². The maximum Gasteiger partial charge on any atom is 0.137 e. The van der Waals surface area contributed by atoms with Crippen molar-refractivity contribution in [3.8, 4) is 0 Å². The highest BCUT2D eigenvalue weighted by atomic mass is 32.1. The van der Waals surface area contributed by atoms with Gasteiger partial charge >= 0.3 is 0 Å². The Kier molecular flexibility index (Phi) is 2.54. The standard InChI is InChI=1S/C9H13FOS/c1-4-7-6(10)5-8(12-7)9(2,3)11/h5,11H,4H2,1-3H3. The lowest BCUT2D eigenvalue weighted by atomic mass is 10.1. The van der Waals surface area contributed by atoms with Gasteiger partial charge in [-0.2, -0.15) is 0 Å². The summed E-state index contributed by atoms with van der Waals surface area (Å²) in [7, 11) is 0. The van der Waals surface area contributed by atoms with Gasteiger partial charge in [-0.1, -0.05) is 6.92 Å². The topological polar surface area (TPSA) is 20.2 Å². The molecule has 0 unspecified atom stereocenters. The van der Waals surface area contributed by atoms with Gasteiger partial charge in [0.25, 0.3) is 0 Å². The molecular formula is C9H13FOS. The Balaban J connectivity index is 3.05. The fourth-order valence-electron chi connectivity index (χ4n) is 0.949. The van der Waals surface area contributed by atoms with Crippen molar-refractivity contribution in [1.29, 1.82) is 0 Å². The summed E-state index contributed by atoms with van der Waals surface area (Å²) in [5, 5.41) is 9.57. The summed E-state index contributed by atoms with van der Waals surface area (Å²) >= 11 is 1.34. The average molecular weight is 188 g/mol. The van der Waals surface area contributed by atoms with Gasteiger partial charge in [0.2, 0.25) is 0 Å². The molecular weight excluding hydrogens is 175 g/mol. The van der Waals surface area contributed by atoms with E-state index in [-0.39, 0.29) is 5.82 Å². The normalized spacial score (nSPS) is 12.1. The van der Waals surface area contributed by atoms with Crippen LogP contribution in [0.4, 0.5) is 4.39 Å². The summed E-state index contributed by atoms with van der Waals surface area (Å²) in [5.41, 5.74) is -0.918. The Labute approximate surface area is 75.9 Å². The monoisotopic (exact) mass is 188 g/mol. The van der Waals surface area contributed by atoms with E-state index in [1.807, 2.05) is 6.92 Å². The van der Waals surface area contributed by atoms with Gasteiger partial charge in [0.1, 0.15) is 5.82 Å². The summed E-state index contributed by atoms with van der Waals surface area (Å²) in [6.07, 6.45) is 0.687. The molecule has 0 spiro atoms. The van der Waals surface area contributed by atoms with E-state index in [0.717, 1.165) is 0 Å². The second-order valence-corrected chi connectivity index (χ2v) is 4.43. The van der Waals surface area contributed by atoms with Gasteiger partial charge in [-0.15, -0.1) is 11.3 Å². The quantitative estimate of drug-likeness (QED) is 0.756. The predicted octanol–water partition coefficient (Wildman–Crippen LogP) is 2.68. The van der Waals surface area contributed by atoms with E-state index >= 15 is 0 Å². The Morgan fingerprint density at radius 1 is 1.58 bits per heavy atom. The molecule has 0 atom stereocenters. The molecule has 1 aromatic rings. The van der Waals surface area contributed by atoms with Gasteiger partial charge in [-0.05, 0) is 26.3 Å². The van der Waals surface area contributed by atoms with Crippen LogP contribution < -0.4 is 0 Å². The highest BCUT2D eigenvalue weighted by Gasteiger charge is 2.20. The van der Waals surface area contributed by atoms with E-state index in [4.69, 9.17) is 0 Å². The summed E-state index contributed by atoms with van der Waals surface area (Å²) < 4.78 is 13.0. The highest BCUT2D eigenvalue weighted by molar-refractivity contribution is 7.12. The van der Waals surface area contributed by atoms with E-state index in [1.165, 1.54) is 17.4 Å². The molecule has 0 saturated heterocycles. The van der Waals surface area contributed by atoms with E-state index < -0.39 is 5.60 Å². The van der Waals surface area contributed by atoms with Crippen LogP contribution in [0, 0.1) is 5.82 Å². The third-order valence-corrected chi connectivity index (χ3v) is 3.25. The van der Waals surface area contributed by atoms with Crippen LogP contribution in [0.15, 0.2) is 6.07 Å². The fourth-order valence-corrected chi connectivity index (χ4v) is 1.93. The number of thiophene rings is 1. The minimum absolute atomic E-state index is 0.195. The molecule has 0 fully saturated rings. The summed E-state index contributed by atoms with van der Waals surface area (Å²) in [4.78, 5) is 1.41. The maximum absolute atomic E-state index is 13.0. The molecule has 0 aliphatic heterocycles. The molecule has 12 heavy (non-hydrogen) atoms. The van der Waals surface area contributed by atoms with Crippen molar-refractivity contribution in [3.63, 3.8) is 0 Å². The van der Waals surface area contributed by atoms with Crippen molar-refractivity contribution in [1.82, 2.24) is 0 Å². The number of aliphatic hydroxyl groups is 1. The summed E-state index contributed by atoms with van der Waals surface area (Å²) in [6.45, 7) is 5.23. The second-order valence-electron chi connectivity index (χ2n) is 3.29. The molecule has 0 saturated carbocycles. The van der Waals surface area contributed by atoms with E-state index in [9.17, 15) is 9.50 Å². The first-order valence-corrected chi connectivity index (χ1v) is 4.78. The number of hydrogen-bond acceptors (Lipinski definition) is 2. The highest BCUT2D eigenvalue weighted by Crippen LogP contribution is 2.30. The third kappa shape index (κ3) is 1.84. The molecule has 1 nitrogen and oxygen atoms in total. The zero-order chi connectivity index (χ0) is 9.35. The smallest absolute Gasteiger partial charge is 0.137 e. The van der Waals surface area contributed by atoms with Crippen LogP contribution in [-0.2, 0) is 12.0 Å². The fraction of sp³-hybridized carbons (Fsp3) is 0.556. The van der Waals surface area contributed by atoms with E-state index in [1.54, 1.807) is 13.8 Å². The van der Waals surface area contributed by atoms with Crippen molar-refractivity contribution in [2.75, 3.05) is 0 Å². The Hall–Kier alpha value is -0.410. The van der Waals surface area contributed by atoms with Crippen LogP contribution in [0.25, 0.3) is 0 Å². The number of halogens is 1. The Morgan fingerprint density at radius 3 is 2.42 bits per heavy atom. The maximum atomic E-state index is 13.0. The molecule has 0 bridgehead atoms. The predicted molar refractivity (Wildman–Crippen MR) is 48.9 cm³/mol. The zero-order valence-electron chi connectivity index (χ0n) is 7.52. The Morgan fingerprint density at radius 2 is 2.17 bits per heavy atom. The van der Waals surface area contributed by atoms with Crippen LogP contribution in [0.3, 0.4) is 0 Å². The SMILES string of the molecule is CCc1sc(C(C)(C)O)cc1F. The van der Waals surface area contributed by atoms with Crippen LogP contribution >= 0.6 is 11.3 Å². The van der Waals surface area contributed by atoms with Gasteiger partial charge in [0, 0.05) is 9.75 Å². The average Bonchev–Trinajstić information content (AvgIpc) is 2.29. The molecule has 1 rings (SSSR count). The second kappa shape index (κ2) is 3.15. The number of hydrogen-bond donors (Lipinski definition) is 1. The first kappa shape index (κ1) is 9.68. The van der Waals surface area contributed by atoms with Crippen molar-refractivity contribution in [3.05, 3.63) is 21.6 Å². The first-order valence-electron chi connectivity index (χ1n) is 3.96. The van der Waals surface area contributed by atoms with Crippen molar-refractivity contribution < 1.29 is 9.50 Å². The molecule has 0 aliphatic carbocycles. The molecule has 1 heterocycles. The Bertz CT molecular complexity index is 273. The molecule has 0 amide bonds. The van der Waals surface area contributed by atoms with Gasteiger partial charge in [-0.3, -0.25) is 0 Å². The first-order chi connectivity index (χ1) is 5.45. The molecule has 0 radical (unpaired) electrons. The summed E-state index contributed by atoms with van der Waals surface area (Å²) in [5.74, 6) is -0.195. The van der Waals surface area contributed by atoms with Crippen LogP contribution in [0.1, 0.15) is 30.5 Å². The molecule has 68 valence electrons. The minimum Gasteiger partial charge on any atom is -0.385 e.